The number of alkyl halides is 4. The molecule has 0 aliphatic rings. The van der Waals surface area contributed by atoms with E-state index in [2.05, 4.69) is 5.32 Å². The van der Waals surface area contributed by atoms with Crippen molar-refractivity contribution in [1.29, 1.82) is 0 Å². The van der Waals surface area contributed by atoms with Crippen molar-refractivity contribution in [3.05, 3.63) is 35.4 Å². The van der Waals surface area contributed by atoms with Crippen LogP contribution < -0.4 is 5.32 Å². The number of hydrogen-bond acceptors (Lipinski definition) is 1. The van der Waals surface area contributed by atoms with Gasteiger partial charge >= 0.3 is 6.18 Å². The first kappa shape index (κ1) is 15.8. The average Bonchev–Trinajstić information content (AvgIpc) is 2.33. The average molecular weight is 294 g/mol. The molecule has 1 rings (SSSR count). The fourth-order valence-electron chi connectivity index (χ4n) is 1.50. The van der Waals surface area contributed by atoms with E-state index in [0.29, 0.717) is 6.54 Å². The maximum Gasteiger partial charge on any atom is 0.416 e. The zero-order valence-electron chi connectivity index (χ0n) is 10.4. The van der Waals surface area contributed by atoms with Gasteiger partial charge in [-0.2, -0.15) is 13.2 Å². The minimum atomic E-state index is -4.38. The summed E-state index contributed by atoms with van der Waals surface area (Å²) in [6.07, 6.45) is -2.88. The van der Waals surface area contributed by atoms with Crippen molar-refractivity contribution in [2.45, 2.75) is 31.3 Å². The van der Waals surface area contributed by atoms with Crippen LogP contribution in [0, 0.1) is 0 Å². The molecular weight excluding hydrogens is 279 g/mol. The Balaban J connectivity index is 2.49. The number of amides is 1. The van der Waals surface area contributed by atoms with Gasteiger partial charge in [-0.1, -0.05) is 0 Å². The van der Waals surface area contributed by atoms with Gasteiger partial charge in [0.1, 0.15) is 0 Å². The summed E-state index contributed by atoms with van der Waals surface area (Å²) in [5.41, 5.74) is -0.549. The predicted octanol–water partition coefficient (Wildman–Crippen LogP) is 3.84. The zero-order valence-corrected chi connectivity index (χ0v) is 11.2. The van der Waals surface area contributed by atoms with E-state index in [9.17, 15) is 18.0 Å². The van der Waals surface area contributed by atoms with Crippen molar-refractivity contribution in [3.63, 3.8) is 0 Å². The van der Waals surface area contributed by atoms with Gasteiger partial charge in [0.25, 0.3) is 5.91 Å². The molecule has 19 heavy (non-hydrogen) atoms. The van der Waals surface area contributed by atoms with Crippen LogP contribution in [0.5, 0.6) is 0 Å². The molecule has 0 aromatic heterocycles. The maximum atomic E-state index is 12.3. The van der Waals surface area contributed by atoms with E-state index < -0.39 is 11.7 Å². The molecule has 0 fully saturated rings. The second-order valence-electron chi connectivity index (χ2n) is 4.25. The van der Waals surface area contributed by atoms with Gasteiger partial charge in [0.05, 0.1) is 5.56 Å². The van der Waals surface area contributed by atoms with Gasteiger partial charge in [-0.25, -0.2) is 0 Å². The van der Waals surface area contributed by atoms with Crippen LogP contribution in [0.15, 0.2) is 24.3 Å². The smallest absolute Gasteiger partial charge is 0.352 e. The number of hydrogen-bond donors (Lipinski definition) is 1. The lowest BCUT2D eigenvalue weighted by molar-refractivity contribution is -0.137. The minimum Gasteiger partial charge on any atom is -0.352 e. The van der Waals surface area contributed by atoms with Crippen molar-refractivity contribution < 1.29 is 18.0 Å². The van der Waals surface area contributed by atoms with E-state index in [4.69, 9.17) is 11.6 Å². The van der Waals surface area contributed by atoms with E-state index >= 15 is 0 Å². The molecule has 6 heteroatoms. The van der Waals surface area contributed by atoms with E-state index in [1.807, 2.05) is 6.92 Å². The summed E-state index contributed by atoms with van der Waals surface area (Å²) in [4.78, 5) is 11.6. The standard InChI is InChI=1S/C13H15ClF3NO/c1-9(14)3-2-8-18-12(19)10-4-6-11(7-5-10)13(15,16)17/h4-7,9H,2-3,8H2,1H3,(H,18,19). The van der Waals surface area contributed by atoms with Gasteiger partial charge in [0.15, 0.2) is 0 Å². The minimum absolute atomic E-state index is 0.0444. The second-order valence-corrected chi connectivity index (χ2v) is 5.00. The Morgan fingerprint density at radius 1 is 1.32 bits per heavy atom. The maximum absolute atomic E-state index is 12.3. The molecular formula is C13H15ClF3NO. The highest BCUT2D eigenvalue weighted by Crippen LogP contribution is 2.29. The Morgan fingerprint density at radius 2 is 1.89 bits per heavy atom. The third-order valence-corrected chi connectivity index (χ3v) is 2.76. The normalized spacial score (nSPS) is 13.1. The van der Waals surface area contributed by atoms with E-state index in [0.717, 1.165) is 25.0 Å². The van der Waals surface area contributed by atoms with Gasteiger partial charge in [-0.05, 0) is 44.0 Å². The van der Waals surface area contributed by atoms with Crippen LogP contribution in [0.3, 0.4) is 0 Å². The Morgan fingerprint density at radius 3 is 2.37 bits per heavy atom. The van der Waals surface area contributed by atoms with Crippen molar-refractivity contribution >= 4 is 17.5 Å². The highest BCUT2D eigenvalue weighted by Gasteiger charge is 2.30. The highest BCUT2D eigenvalue weighted by atomic mass is 35.5. The van der Waals surface area contributed by atoms with Crippen LogP contribution in [0.1, 0.15) is 35.7 Å². The van der Waals surface area contributed by atoms with Crippen LogP contribution in [-0.2, 0) is 6.18 Å². The Labute approximate surface area is 114 Å². The molecule has 1 aromatic rings. The third-order valence-electron chi connectivity index (χ3n) is 2.54. The Bertz CT molecular complexity index is 415. The largest absolute Gasteiger partial charge is 0.416 e. The monoisotopic (exact) mass is 293 g/mol. The Hall–Kier alpha value is -1.23. The first-order valence-electron chi connectivity index (χ1n) is 5.90. The summed E-state index contributed by atoms with van der Waals surface area (Å²) < 4.78 is 37.0. The lowest BCUT2D eigenvalue weighted by Crippen LogP contribution is -2.24. The van der Waals surface area contributed by atoms with Crippen LogP contribution in [0.2, 0.25) is 0 Å². The number of halogens is 4. The Kier molecular flexibility index (Phi) is 5.66. The van der Waals surface area contributed by atoms with Crippen LogP contribution in [0.4, 0.5) is 13.2 Å². The summed E-state index contributed by atoms with van der Waals surface area (Å²) in [5, 5.41) is 2.68. The van der Waals surface area contributed by atoms with E-state index in [1.165, 1.54) is 12.1 Å². The summed E-state index contributed by atoms with van der Waals surface area (Å²) in [5.74, 6) is -0.379. The molecule has 0 saturated heterocycles. The van der Waals surface area contributed by atoms with Crippen molar-refractivity contribution in [2.75, 3.05) is 6.54 Å². The number of carbonyl (C=O) groups is 1. The molecule has 1 unspecified atom stereocenters. The third kappa shape index (κ3) is 5.51. The van der Waals surface area contributed by atoms with Crippen molar-refractivity contribution in [3.8, 4) is 0 Å². The molecule has 106 valence electrons. The lowest BCUT2D eigenvalue weighted by atomic mass is 10.1. The predicted molar refractivity (Wildman–Crippen MR) is 68.3 cm³/mol. The number of nitrogens with one attached hydrogen (secondary N) is 1. The molecule has 1 amide bonds. The summed E-state index contributed by atoms with van der Waals surface area (Å²) in [6.45, 7) is 2.32. The second kappa shape index (κ2) is 6.80. The van der Waals surface area contributed by atoms with Gasteiger partial charge in [0, 0.05) is 17.5 Å². The lowest BCUT2D eigenvalue weighted by Gasteiger charge is -2.08. The summed E-state index contributed by atoms with van der Waals surface area (Å²) in [6, 6.07) is 4.14. The summed E-state index contributed by atoms with van der Waals surface area (Å²) in [7, 11) is 0. The topological polar surface area (TPSA) is 29.1 Å². The van der Waals surface area contributed by atoms with Crippen molar-refractivity contribution in [1.82, 2.24) is 5.32 Å². The van der Waals surface area contributed by atoms with Gasteiger partial charge in [-0.3, -0.25) is 4.79 Å². The molecule has 0 radical (unpaired) electrons. The number of carbonyl (C=O) groups excluding carboxylic acids is 1. The molecule has 0 aliphatic heterocycles. The molecule has 0 aliphatic carbocycles. The fourth-order valence-corrected chi connectivity index (χ4v) is 1.65. The van der Waals surface area contributed by atoms with Crippen LogP contribution in [0.25, 0.3) is 0 Å². The number of rotatable bonds is 5. The molecule has 0 heterocycles. The molecule has 2 nitrogen and oxygen atoms in total. The molecule has 1 aromatic carbocycles. The molecule has 1 N–H and O–H groups in total. The highest BCUT2D eigenvalue weighted by molar-refractivity contribution is 6.20. The quantitative estimate of drug-likeness (QED) is 0.648. The van der Waals surface area contributed by atoms with E-state index in [1.54, 1.807) is 0 Å². The zero-order chi connectivity index (χ0) is 14.5. The SMILES string of the molecule is CC(Cl)CCCNC(=O)c1ccc(C(F)(F)F)cc1. The van der Waals surface area contributed by atoms with Crippen LogP contribution >= 0.6 is 11.6 Å². The van der Waals surface area contributed by atoms with Gasteiger partial charge in [0.2, 0.25) is 0 Å². The van der Waals surface area contributed by atoms with Crippen LogP contribution in [-0.4, -0.2) is 17.8 Å². The molecule has 1 atom stereocenters. The first-order valence-corrected chi connectivity index (χ1v) is 6.34. The van der Waals surface area contributed by atoms with E-state index in [-0.39, 0.29) is 16.8 Å². The molecule has 0 bridgehead atoms. The molecule has 0 saturated carbocycles. The van der Waals surface area contributed by atoms with Gasteiger partial charge in [-0.15, -0.1) is 11.6 Å². The van der Waals surface area contributed by atoms with Crippen molar-refractivity contribution in [2.24, 2.45) is 0 Å². The number of benzene rings is 1. The summed E-state index contributed by atoms with van der Waals surface area (Å²) >= 11 is 5.75. The fraction of sp³-hybridized carbons (Fsp3) is 0.462. The van der Waals surface area contributed by atoms with Gasteiger partial charge < -0.3 is 5.32 Å². The molecule has 0 spiro atoms. The first-order chi connectivity index (χ1) is 8.80.